The minimum atomic E-state index is -0.0210. The summed E-state index contributed by atoms with van der Waals surface area (Å²) in [6, 6.07) is 0. The Morgan fingerprint density at radius 1 is 1.57 bits per heavy atom. The average molecular weight is 196 g/mol. The van der Waals surface area contributed by atoms with E-state index in [4.69, 9.17) is 4.74 Å². The normalized spacial score (nSPS) is 20.7. The average Bonchev–Trinajstić information content (AvgIpc) is 2.63. The fraction of sp³-hybridized carbons (Fsp3) is 0.750. The van der Waals surface area contributed by atoms with Crippen LogP contribution < -0.4 is 0 Å². The second-order valence-electron chi connectivity index (χ2n) is 3.76. The number of hydrogen-bond donors (Lipinski definition) is 0. The van der Waals surface area contributed by atoms with Gasteiger partial charge in [0.1, 0.15) is 0 Å². The van der Waals surface area contributed by atoms with Crippen LogP contribution in [0.4, 0.5) is 0 Å². The summed E-state index contributed by atoms with van der Waals surface area (Å²) >= 11 is 0. The smallest absolute Gasteiger partial charge is 0.313 e. The zero-order valence-corrected chi connectivity index (χ0v) is 9.21. The number of carbonyl (C=O) groups excluding carboxylic acids is 1. The lowest BCUT2D eigenvalue weighted by Gasteiger charge is -2.13. The SMILES string of the molecule is CCCCC1=CCCC1C(=O)OCC. The lowest BCUT2D eigenvalue weighted by atomic mass is 9.97. The molecule has 0 aromatic heterocycles. The molecule has 0 saturated carbocycles. The van der Waals surface area contributed by atoms with E-state index >= 15 is 0 Å². The zero-order chi connectivity index (χ0) is 10.4. The van der Waals surface area contributed by atoms with Gasteiger partial charge >= 0.3 is 5.97 Å². The van der Waals surface area contributed by atoms with Crippen molar-refractivity contribution in [1.82, 2.24) is 0 Å². The Bertz CT molecular complexity index is 218. The summed E-state index contributed by atoms with van der Waals surface area (Å²) < 4.78 is 5.06. The Balaban J connectivity index is 2.45. The number of unbranched alkanes of at least 4 members (excludes halogenated alkanes) is 1. The minimum Gasteiger partial charge on any atom is -0.466 e. The largest absolute Gasteiger partial charge is 0.466 e. The van der Waals surface area contributed by atoms with E-state index in [1.54, 1.807) is 0 Å². The van der Waals surface area contributed by atoms with Gasteiger partial charge in [0.15, 0.2) is 0 Å². The molecule has 0 N–H and O–H groups in total. The molecule has 1 atom stereocenters. The second kappa shape index (κ2) is 5.84. The van der Waals surface area contributed by atoms with Crippen LogP contribution in [0.15, 0.2) is 11.6 Å². The van der Waals surface area contributed by atoms with Gasteiger partial charge < -0.3 is 4.74 Å². The van der Waals surface area contributed by atoms with E-state index in [0.717, 1.165) is 19.3 Å². The van der Waals surface area contributed by atoms with Crippen LogP contribution in [0.5, 0.6) is 0 Å². The fourth-order valence-electron chi connectivity index (χ4n) is 1.93. The number of esters is 1. The van der Waals surface area contributed by atoms with E-state index in [-0.39, 0.29) is 11.9 Å². The number of rotatable bonds is 5. The molecule has 2 heteroatoms. The third-order valence-corrected chi connectivity index (χ3v) is 2.70. The highest BCUT2D eigenvalue weighted by atomic mass is 16.5. The molecule has 0 amide bonds. The molecule has 0 heterocycles. The molecule has 1 rings (SSSR count). The molecule has 1 aliphatic rings. The maximum atomic E-state index is 11.6. The standard InChI is InChI=1S/C12H20O2/c1-3-5-7-10-8-6-9-11(10)12(13)14-4-2/h8,11H,3-7,9H2,1-2H3. The van der Waals surface area contributed by atoms with Crippen LogP contribution in [0.1, 0.15) is 46.0 Å². The maximum Gasteiger partial charge on any atom is 0.313 e. The van der Waals surface area contributed by atoms with Gasteiger partial charge in [0, 0.05) is 0 Å². The van der Waals surface area contributed by atoms with Crippen molar-refractivity contribution in [3.8, 4) is 0 Å². The molecule has 0 spiro atoms. The van der Waals surface area contributed by atoms with Crippen molar-refractivity contribution in [2.24, 2.45) is 5.92 Å². The Morgan fingerprint density at radius 3 is 3.00 bits per heavy atom. The van der Waals surface area contributed by atoms with E-state index in [9.17, 15) is 4.79 Å². The Labute approximate surface area is 86.3 Å². The first-order valence-corrected chi connectivity index (χ1v) is 5.65. The maximum absolute atomic E-state index is 11.6. The van der Waals surface area contributed by atoms with Crippen molar-refractivity contribution >= 4 is 5.97 Å². The highest BCUT2D eigenvalue weighted by molar-refractivity contribution is 5.76. The van der Waals surface area contributed by atoms with Crippen LogP contribution in [0.25, 0.3) is 0 Å². The quantitative estimate of drug-likeness (QED) is 0.499. The van der Waals surface area contributed by atoms with Gasteiger partial charge in [0.25, 0.3) is 0 Å². The van der Waals surface area contributed by atoms with E-state index in [0.29, 0.717) is 6.61 Å². The molecule has 1 aliphatic carbocycles. The van der Waals surface area contributed by atoms with E-state index in [2.05, 4.69) is 13.0 Å². The summed E-state index contributed by atoms with van der Waals surface area (Å²) in [5.74, 6) is 0.0499. The summed E-state index contributed by atoms with van der Waals surface area (Å²) in [6.45, 7) is 4.54. The lowest BCUT2D eigenvalue weighted by Crippen LogP contribution is -2.17. The van der Waals surface area contributed by atoms with Crippen molar-refractivity contribution in [2.75, 3.05) is 6.61 Å². The van der Waals surface area contributed by atoms with Crippen molar-refractivity contribution in [3.05, 3.63) is 11.6 Å². The summed E-state index contributed by atoms with van der Waals surface area (Å²) in [5.41, 5.74) is 1.31. The molecule has 0 bridgehead atoms. The Kier molecular flexibility index (Phi) is 4.71. The second-order valence-corrected chi connectivity index (χ2v) is 3.76. The van der Waals surface area contributed by atoms with Gasteiger partial charge in [-0.05, 0) is 32.6 Å². The molecule has 2 nitrogen and oxygen atoms in total. The van der Waals surface area contributed by atoms with Gasteiger partial charge in [-0.15, -0.1) is 0 Å². The number of carbonyl (C=O) groups is 1. The number of ether oxygens (including phenoxy) is 1. The molecule has 0 aromatic rings. The van der Waals surface area contributed by atoms with Crippen LogP contribution in [0, 0.1) is 5.92 Å². The van der Waals surface area contributed by atoms with E-state index < -0.39 is 0 Å². The van der Waals surface area contributed by atoms with Crippen LogP contribution in [-0.4, -0.2) is 12.6 Å². The highest BCUT2D eigenvalue weighted by Crippen LogP contribution is 2.30. The molecule has 0 aromatic carbocycles. The zero-order valence-electron chi connectivity index (χ0n) is 9.21. The molecule has 80 valence electrons. The predicted octanol–water partition coefficient (Wildman–Crippen LogP) is 3.08. The highest BCUT2D eigenvalue weighted by Gasteiger charge is 2.26. The van der Waals surface area contributed by atoms with Gasteiger partial charge in [0.2, 0.25) is 0 Å². The molecular weight excluding hydrogens is 176 g/mol. The fourth-order valence-corrected chi connectivity index (χ4v) is 1.93. The van der Waals surface area contributed by atoms with Crippen molar-refractivity contribution in [1.29, 1.82) is 0 Å². The predicted molar refractivity (Wildman–Crippen MR) is 57.0 cm³/mol. The first kappa shape index (κ1) is 11.3. The Hall–Kier alpha value is -0.790. The molecule has 1 unspecified atom stereocenters. The monoisotopic (exact) mass is 196 g/mol. The van der Waals surface area contributed by atoms with Crippen LogP contribution in [0.3, 0.4) is 0 Å². The third kappa shape index (κ3) is 2.86. The van der Waals surface area contributed by atoms with Gasteiger partial charge in [-0.25, -0.2) is 0 Å². The van der Waals surface area contributed by atoms with Crippen LogP contribution >= 0.6 is 0 Å². The van der Waals surface area contributed by atoms with Crippen LogP contribution in [0.2, 0.25) is 0 Å². The molecule has 0 fully saturated rings. The molecule has 14 heavy (non-hydrogen) atoms. The van der Waals surface area contributed by atoms with Gasteiger partial charge in [-0.1, -0.05) is 25.0 Å². The van der Waals surface area contributed by atoms with E-state index in [1.165, 1.54) is 18.4 Å². The van der Waals surface area contributed by atoms with Crippen molar-refractivity contribution in [2.45, 2.75) is 46.0 Å². The van der Waals surface area contributed by atoms with Crippen LogP contribution in [-0.2, 0) is 9.53 Å². The van der Waals surface area contributed by atoms with Gasteiger partial charge in [-0.2, -0.15) is 0 Å². The summed E-state index contributed by atoms with van der Waals surface area (Å²) in [7, 11) is 0. The first-order valence-electron chi connectivity index (χ1n) is 5.65. The summed E-state index contributed by atoms with van der Waals surface area (Å²) in [6.07, 6.45) is 7.66. The van der Waals surface area contributed by atoms with Crippen molar-refractivity contribution in [3.63, 3.8) is 0 Å². The minimum absolute atomic E-state index is 0.0210. The topological polar surface area (TPSA) is 26.3 Å². The molecule has 0 radical (unpaired) electrons. The lowest BCUT2D eigenvalue weighted by molar-refractivity contribution is -0.146. The molecule has 0 aliphatic heterocycles. The number of hydrogen-bond acceptors (Lipinski definition) is 2. The van der Waals surface area contributed by atoms with E-state index in [1.807, 2.05) is 6.92 Å². The van der Waals surface area contributed by atoms with Gasteiger partial charge in [-0.3, -0.25) is 4.79 Å². The van der Waals surface area contributed by atoms with Crippen molar-refractivity contribution < 1.29 is 9.53 Å². The molecule has 0 saturated heterocycles. The number of allylic oxidation sites excluding steroid dienone is 1. The first-order chi connectivity index (χ1) is 6.79. The summed E-state index contributed by atoms with van der Waals surface area (Å²) in [5, 5.41) is 0. The summed E-state index contributed by atoms with van der Waals surface area (Å²) in [4.78, 5) is 11.6. The van der Waals surface area contributed by atoms with Gasteiger partial charge in [0.05, 0.1) is 12.5 Å². The molecular formula is C12H20O2. The third-order valence-electron chi connectivity index (χ3n) is 2.70. The Morgan fingerprint density at radius 2 is 2.36 bits per heavy atom.